The molecule has 2 aromatic carbocycles. The van der Waals surface area contributed by atoms with E-state index in [1.165, 1.54) is 25.0 Å². The van der Waals surface area contributed by atoms with Gasteiger partial charge in [-0.1, -0.05) is 24.3 Å². The molecule has 3 rings (SSSR count). The van der Waals surface area contributed by atoms with Gasteiger partial charge in [0, 0.05) is 20.1 Å². The standard InChI is InChI=1S/C21H25FN2O2/c1-23(14-15-24-12-4-5-13-24)21(25)19-6-2-3-7-20(19)26-16-17-8-10-18(22)11-9-17/h2-3,6-11H,4-5,12-16H2,1H3. The summed E-state index contributed by atoms with van der Waals surface area (Å²) in [6, 6.07) is 13.4. The van der Waals surface area contributed by atoms with Gasteiger partial charge in [-0.25, -0.2) is 4.39 Å². The Bertz CT molecular complexity index is 727. The van der Waals surface area contributed by atoms with Gasteiger partial charge in [-0.05, 0) is 55.8 Å². The van der Waals surface area contributed by atoms with Crippen molar-refractivity contribution < 1.29 is 13.9 Å². The van der Waals surface area contributed by atoms with E-state index in [4.69, 9.17) is 4.74 Å². The van der Waals surface area contributed by atoms with Gasteiger partial charge in [0.25, 0.3) is 5.91 Å². The Balaban J connectivity index is 1.61. The quantitative estimate of drug-likeness (QED) is 0.760. The predicted octanol–water partition coefficient (Wildman–Crippen LogP) is 3.57. The minimum atomic E-state index is -0.274. The number of carbonyl (C=O) groups excluding carboxylic acids is 1. The van der Waals surface area contributed by atoms with E-state index in [0.29, 0.717) is 24.5 Å². The zero-order chi connectivity index (χ0) is 18.4. The van der Waals surface area contributed by atoms with E-state index in [0.717, 1.165) is 25.2 Å². The van der Waals surface area contributed by atoms with E-state index < -0.39 is 0 Å². The topological polar surface area (TPSA) is 32.8 Å². The summed E-state index contributed by atoms with van der Waals surface area (Å²) >= 11 is 0. The first-order valence-corrected chi connectivity index (χ1v) is 9.07. The molecule has 4 nitrogen and oxygen atoms in total. The Morgan fingerprint density at radius 2 is 1.81 bits per heavy atom. The van der Waals surface area contributed by atoms with Crippen LogP contribution in [-0.2, 0) is 6.61 Å². The van der Waals surface area contributed by atoms with Gasteiger partial charge in [0.2, 0.25) is 0 Å². The fourth-order valence-electron chi connectivity index (χ4n) is 3.12. The van der Waals surface area contributed by atoms with E-state index in [2.05, 4.69) is 4.90 Å². The molecule has 0 aliphatic carbocycles. The maximum atomic E-state index is 13.0. The molecule has 2 aromatic rings. The largest absolute Gasteiger partial charge is 0.488 e. The molecule has 138 valence electrons. The molecule has 0 saturated carbocycles. The zero-order valence-electron chi connectivity index (χ0n) is 15.2. The number of para-hydroxylation sites is 1. The van der Waals surface area contributed by atoms with Gasteiger partial charge in [-0.3, -0.25) is 4.79 Å². The summed E-state index contributed by atoms with van der Waals surface area (Å²) < 4.78 is 18.8. The fourth-order valence-corrected chi connectivity index (χ4v) is 3.12. The second-order valence-electron chi connectivity index (χ2n) is 6.69. The highest BCUT2D eigenvalue weighted by atomic mass is 19.1. The molecule has 0 bridgehead atoms. The van der Waals surface area contributed by atoms with Crippen LogP contribution < -0.4 is 4.74 Å². The first-order chi connectivity index (χ1) is 12.6. The molecule has 0 atom stereocenters. The number of halogens is 1. The average molecular weight is 356 g/mol. The first-order valence-electron chi connectivity index (χ1n) is 9.07. The van der Waals surface area contributed by atoms with Gasteiger partial charge >= 0.3 is 0 Å². The molecule has 5 heteroatoms. The monoisotopic (exact) mass is 356 g/mol. The van der Waals surface area contributed by atoms with Crippen LogP contribution >= 0.6 is 0 Å². The lowest BCUT2D eigenvalue weighted by molar-refractivity contribution is 0.0777. The molecule has 1 fully saturated rings. The average Bonchev–Trinajstić information content (AvgIpc) is 3.19. The van der Waals surface area contributed by atoms with E-state index >= 15 is 0 Å². The third-order valence-electron chi connectivity index (χ3n) is 4.72. The summed E-state index contributed by atoms with van der Waals surface area (Å²) in [5, 5.41) is 0. The summed E-state index contributed by atoms with van der Waals surface area (Å²) in [5.41, 5.74) is 1.41. The fraction of sp³-hybridized carbons (Fsp3) is 0.381. The molecular formula is C21H25FN2O2. The smallest absolute Gasteiger partial charge is 0.257 e. The van der Waals surface area contributed by atoms with Crippen LogP contribution in [0.4, 0.5) is 4.39 Å². The SMILES string of the molecule is CN(CCN1CCCC1)C(=O)c1ccccc1OCc1ccc(F)cc1. The van der Waals surface area contributed by atoms with Crippen molar-refractivity contribution in [3.63, 3.8) is 0 Å². The molecule has 0 aromatic heterocycles. The van der Waals surface area contributed by atoms with Crippen LogP contribution in [0.15, 0.2) is 48.5 Å². The van der Waals surface area contributed by atoms with Crippen LogP contribution in [0.1, 0.15) is 28.8 Å². The number of hydrogen-bond donors (Lipinski definition) is 0. The van der Waals surface area contributed by atoms with Crippen molar-refractivity contribution in [2.75, 3.05) is 33.2 Å². The molecule has 0 radical (unpaired) electrons. The molecule has 1 aliphatic heterocycles. The van der Waals surface area contributed by atoms with Crippen molar-refractivity contribution in [2.45, 2.75) is 19.4 Å². The van der Waals surface area contributed by atoms with Crippen molar-refractivity contribution >= 4 is 5.91 Å². The Hall–Kier alpha value is -2.40. The highest BCUT2D eigenvalue weighted by Crippen LogP contribution is 2.21. The molecule has 0 spiro atoms. The number of amides is 1. The number of hydrogen-bond acceptors (Lipinski definition) is 3. The van der Waals surface area contributed by atoms with Crippen molar-refractivity contribution in [1.29, 1.82) is 0 Å². The Morgan fingerprint density at radius 1 is 1.12 bits per heavy atom. The van der Waals surface area contributed by atoms with Crippen molar-refractivity contribution in [3.8, 4) is 5.75 Å². The Labute approximate surface area is 154 Å². The zero-order valence-corrected chi connectivity index (χ0v) is 15.2. The van der Waals surface area contributed by atoms with Crippen molar-refractivity contribution in [2.24, 2.45) is 0 Å². The first kappa shape index (κ1) is 18.4. The maximum Gasteiger partial charge on any atom is 0.257 e. The van der Waals surface area contributed by atoms with Gasteiger partial charge in [0.05, 0.1) is 5.56 Å². The molecule has 1 amide bonds. The van der Waals surface area contributed by atoms with Crippen LogP contribution in [0.5, 0.6) is 5.75 Å². The highest BCUT2D eigenvalue weighted by Gasteiger charge is 2.18. The number of likely N-dealkylation sites (N-methyl/N-ethyl adjacent to an activating group) is 1. The minimum absolute atomic E-state index is 0.0427. The van der Waals surface area contributed by atoms with Crippen molar-refractivity contribution in [1.82, 2.24) is 9.80 Å². The molecule has 0 N–H and O–H groups in total. The molecular weight excluding hydrogens is 331 g/mol. The number of benzene rings is 2. The van der Waals surface area contributed by atoms with Crippen molar-refractivity contribution in [3.05, 3.63) is 65.5 Å². The lowest BCUT2D eigenvalue weighted by Gasteiger charge is -2.22. The molecule has 0 unspecified atom stereocenters. The molecule has 26 heavy (non-hydrogen) atoms. The highest BCUT2D eigenvalue weighted by molar-refractivity contribution is 5.96. The summed E-state index contributed by atoms with van der Waals surface area (Å²) in [7, 11) is 1.83. The molecule has 1 aliphatic rings. The number of rotatable bonds is 7. The summed E-state index contributed by atoms with van der Waals surface area (Å²) in [6.45, 7) is 4.15. The predicted molar refractivity (Wildman–Crippen MR) is 99.8 cm³/mol. The van der Waals surface area contributed by atoms with Gasteiger partial charge in [-0.15, -0.1) is 0 Å². The lowest BCUT2D eigenvalue weighted by Crippen LogP contribution is -2.35. The van der Waals surface area contributed by atoms with Crippen LogP contribution in [0.2, 0.25) is 0 Å². The number of likely N-dealkylation sites (tertiary alicyclic amines) is 1. The lowest BCUT2D eigenvalue weighted by atomic mass is 10.1. The summed E-state index contributed by atoms with van der Waals surface area (Å²) in [4.78, 5) is 16.9. The minimum Gasteiger partial charge on any atom is -0.488 e. The van der Waals surface area contributed by atoms with E-state index in [-0.39, 0.29) is 11.7 Å². The summed E-state index contributed by atoms with van der Waals surface area (Å²) in [6.07, 6.45) is 2.50. The van der Waals surface area contributed by atoms with Crippen LogP contribution in [0.25, 0.3) is 0 Å². The van der Waals surface area contributed by atoms with Crippen LogP contribution in [-0.4, -0.2) is 48.9 Å². The molecule has 1 heterocycles. The van der Waals surface area contributed by atoms with Gasteiger partial charge < -0.3 is 14.5 Å². The number of nitrogens with zero attached hydrogens (tertiary/aromatic N) is 2. The maximum absolute atomic E-state index is 13.0. The van der Waals surface area contributed by atoms with Gasteiger partial charge in [-0.2, -0.15) is 0 Å². The van der Waals surface area contributed by atoms with Gasteiger partial charge in [0.15, 0.2) is 0 Å². The normalized spacial score (nSPS) is 14.4. The van der Waals surface area contributed by atoms with Gasteiger partial charge in [0.1, 0.15) is 18.2 Å². The second-order valence-corrected chi connectivity index (χ2v) is 6.69. The third kappa shape index (κ3) is 4.82. The van der Waals surface area contributed by atoms with E-state index in [1.54, 1.807) is 29.2 Å². The molecule has 1 saturated heterocycles. The number of ether oxygens (including phenoxy) is 1. The van der Waals surface area contributed by atoms with Crippen LogP contribution in [0, 0.1) is 5.82 Å². The number of carbonyl (C=O) groups is 1. The Morgan fingerprint density at radius 3 is 2.54 bits per heavy atom. The summed E-state index contributed by atoms with van der Waals surface area (Å²) in [5.74, 6) is 0.234. The van der Waals surface area contributed by atoms with Crippen LogP contribution in [0.3, 0.4) is 0 Å². The second kappa shape index (κ2) is 8.81. The Kier molecular flexibility index (Phi) is 6.23. The third-order valence-corrected chi connectivity index (χ3v) is 4.72. The van der Waals surface area contributed by atoms with E-state index in [1.807, 2.05) is 19.2 Å². The van der Waals surface area contributed by atoms with E-state index in [9.17, 15) is 9.18 Å².